The molecule has 0 amide bonds. The van der Waals surface area contributed by atoms with Crippen LogP contribution in [0.1, 0.15) is 22.3 Å². The van der Waals surface area contributed by atoms with Crippen molar-refractivity contribution in [1.82, 2.24) is 0 Å². The van der Waals surface area contributed by atoms with Crippen molar-refractivity contribution < 1.29 is 4.42 Å². The summed E-state index contributed by atoms with van der Waals surface area (Å²) in [6, 6.07) is 77.4. The van der Waals surface area contributed by atoms with Crippen LogP contribution in [0.5, 0.6) is 0 Å². The molecule has 11 aromatic rings. The van der Waals surface area contributed by atoms with E-state index in [9.17, 15) is 0 Å². The van der Waals surface area contributed by atoms with Gasteiger partial charge in [0.05, 0.1) is 5.41 Å². The number of furan rings is 1. The Morgan fingerprint density at radius 2 is 0.983 bits per heavy atom. The van der Waals surface area contributed by atoms with Gasteiger partial charge in [-0.15, -0.1) is 11.3 Å². The third-order valence-corrected chi connectivity index (χ3v) is 13.3. The molecular weight excluding hydrogens is 723 g/mol. The summed E-state index contributed by atoms with van der Waals surface area (Å²) < 4.78 is 9.49. The van der Waals surface area contributed by atoms with E-state index < -0.39 is 5.41 Å². The van der Waals surface area contributed by atoms with Crippen LogP contribution >= 0.6 is 11.3 Å². The van der Waals surface area contributed by atoms with E-state index in [2.05, 4.69) is 217 Å². The summed E-state index contributed by atoms with van der Waals surface area (Å²) in [5.41, 5.74) is 14.4. The summed E-state index contributed by atoms with van der Waals surface area (Å²) in [7, 11) is 0. The van der Waals surface area contributed by atoms with Gasteiger partial charge in [0, 0.05) is 53.6 Å². The lowest BCUT2D eigenvalue weighted by Crippen LogP contribution is -2.28. The van der Waals surface area contributed by atoms with Crippen molar-refractivity contribution in [3.8, 4) is 22.3 Å². The van der Waals surface area contributed by atoms with Gasteiger partial charge in [0.25, 0.3) is 0 Å². The average molecular weight is 758 g/mol. The maximum absolute atomic E-state index is 6.97. The van der Waals surface area contributed by atoms with E-state index in [0.29, 0.717) is 0 Å². The summed E-state index contributed by atoms with van der Waals surface area (Å²) in [6.45, 7) is 0. The van der Waals surface area contributed by atoms with Gasteiger partial charge in [-0.05, 0) is 93.5 Å². The molecule has 3 heteroatoms. The molecular formula is C55H35NOS. The lowest BCUT2D eigenvalue weighted by atomic mass is 9.67. The molecule has 2 heterocycles. The largest absolute Gasteiger partial charge is 0.455 e. The van der Waals surface area contributed by atoms with Crippen molar-refractivity contribution in [3.05, 3.63) is 235 Å². The topological polar surface area (TPSA) is 16.4 Å². The van der Waals surface area contributed by atoms with Gasteiger partial charge >= 0.3 is 0 Å². The highest BCUT2D eigenvalue weighted by atomic mass is 32.1. The molecule has 0 aliphatic heterocycles. The monoisotopic (exact) mass is 757 g/mol. The highest BCUT2D eigenvalue weighted by Gasteiger charge is 2.46. The molecule has 0 bridgehead atoms. The first kappa shape index (κ1) is 33.0. The quantitative estimate of drug-likeness (QED) is 0.168. The number of thiophene rings is 1. The minimum atomic E-state index is -0.495. The van der Waals surface area contributed by atoms with Gasteiger partial charge in [0.2, 0.25) is 0 Å². The number of nitrogens with zero attached hydrogens (tertiary/aromatic N) is 1. The highest BCUT2D eigenvalue weighted by Crippen LogP contribution is 2.57. The Labute approximate surface area is 340 Å². The minimum absolute atomic E-state index is 0.495. The Kier molecular flexibility index (Phi) is 7.35. The molecule has 2 aromatic heterocycles. The highest BCUT2D eigenvalue weighted by molar-refractivity contribution is 7.26. The molecule has 2 nitrogen and oxygen atoms in total. The SMILES string of the molecule is c1ccc(N(c2cccc(-c3cccc4c3oc3c4ccc4sc5ccccc5c43)c2)c2ccc3c(c2)C(c2ccccc2)(c2ccccc2)c2ccccc2-3)cc1. The minimum Gasteiger partial charge on any atom is -0.455 e. The van der Waals surface area contributed by atoms with Gasteiger partial charge in [0.1, 0.15) is 11.2 Å². The van der Waals surface area contributed by atoms with Crippen LogP contribution in [0, 0.1) is 0 Å². The number of para-hydroxylation sites is 2. The van der Waals surface area contributed by atoms with Gasteiger partial charge in [-0.2, -0.15) is 0 Å². The average Bonchev–Trinajstić information content (AvgIpc) is 3.96. The zero-order chi connectivity index (χ0) is 38.2. The Morgan fingerprint density at radius 1 is 0.379 bits per heavy atom. The van der Waals surface area contributed by atoms with E-state index in [1.165, 1.54) is 53.6 Å². The first-order chi connectivity index (χ1) is 28.8. The number of fused-ring (bicyclic) bond motifs is 10. The fraction of sp³-hybridized carbons (Fsp3) is 0.0182. The lowest BCUT2D eigenvalue weighted by molar-refractivity contribution is 0.674. The van der Waals surface area contributed by atoms with Crippen molar-refractivity contribution in [2.24, 2.45) is 0 Å². The van der Waals surface area contributed by atoms with E-state index in [4.69, 9.17) is 4.42 Å². The maximum atomic E-state index is 6.97. The summed E-state index contributed by atoms with van der Waals surface area (Å²) in [5.74, 6) is 0. The van der Waals surface area contributed by atoms with Crippen molar-refractivity contribution in [2.75, 3.05) is 4.90 Å². The smallest absolute Gasteiger partial charge is 0.144 e. The molecule has 0 radical (unpaired) electrons. The first-order valence-electron chi connectivity index (χ1n) is 19.8. The summed E-state index contributed by atoms with van der Waals surface area (Å²) in [6.07, 6.45) is 0. The number of benzene rings is 9. The lowest BCUT2D eigenvalue weighted by Gasteiger charge is -2.35. The Morgan fingerprint density at radius 3 is 1.79 bits per heavy atom. The maximum Gasteiger partial charge on any atom is 0.144 e. The van der Waals surface area contributed by atoms with Crippen LogP contribution in [0.3, 0.4) is 0 Å². The van der Waals surface area contributed by atoms with Crippen LogP contribution in [0.25, 0.3) is 64.4 Å². The molecule has 272 valence electrons. The van der Waals surface area contributed by atoms with Crippen molar-refractivity contribution in [3.63, 3.8) is 0 Å². The fourth-order valence-electron chi connectivity index (χ4n) is 9.70. The molecule has 0 spiro atoms. The van der Waals surface area contributed by atoms with Crippen molar-refractivity contribution >= 4 is 70.5 Å². The van der Waals surface area contributed by atoms with Gasteiger partial charge in [-0.3, -0.25) is 0 Å². The predicted octanol–water partition coefficient (Wildman–Crippen LogP) is 15.5. The second-order valence-corrected chi connectivity index (χ2v) is 16.3. The van der Waals surface area contributed by atoms with Crippen LogP contribution in [0.2, 0.25) is 0 Å². The van der Waals surface area contributed by atoms with E-state index in [0.717, 1.165) is 50.1 Å². The molecule has 58 heavy (non-hydrogen) atoms. The van der Waals surface area contributed by atoms with E-state index >= 15 is 0 Å². The molecule has 0 fully saturated rings. The molecule has 9 aromatic carbocycles. The standard InChI is InChI=1S/C55H35NOS/c1-4-17-37(18-5-1)55(38-19-6-2-7-20-38)48-28-12-10-24-43(48)44-31-30-41(35-49(44)55)56(39-21-8-3-9-22-39)40-23-14-16-36(34-40)42-26-15-27-45-46-32-33-51-52(54(46)57-53(42)45)47-25-11-13-29-50(47)58-51/h1-35H. The molecule has 0 atom stereocenters. The predicted molar refractivity (Wildman–Crippen MR) is 244 cm³/mol. The van der Waals surface area contributed by atoms with Gasteiger partial charge in [0.15, 0.2) is 0 Å². The zero-order valence-electron chi connectivity index (χ0n) is 31.5. The molecule has 12 rings (SSSR count). The summed E-state index contributed by atoms with van der Waals surface area (Å²) >= 11 is 1.82. The molecule has 1 aliphatic rings. The van der Waals surface area contributed by atoms with Crippen LogP contribution in [0.4, 0.5) is 17.1 Å². The van der Waals surface area contributed by atoms with E-state index in [-0.39, 0.29) is 0 Å². The molecule has 0 saturated carbocycles. The van der Waals surface area contributed by atoms with Crippen molar-refractivity contribution in [2.45, 2.75) is 5.41 Å². The Bertz CT molecular complexity index is 3300. The normalized spacial score (nSPS) is 13.0. The Balaban J connectivity index is 1.06. The van der Waals surface area contributed by atoms with Gasteiger partial charge in [-0.1, -0.05) is 158 Å². The third-order valence-electron chi connectivity index (χ3n) is 12.1. The number of hydrogen-bond donors (Lipinski definition) is 0. The number of hydrogen-bond acceptors (Lipinski definition) is 3. The number of rotatable bonds is 6. The molecule has 1 aliphatic carbocycles. The molecule has 0 unspecified atom stereocenters. The Hall–Kier alpha value is -7.20. The molecule has 0 saturated heterocycles. The van der Waals surface area contributed by atoms with Crippen LogP contribution in [-0.4, -0.2) is 0 Å². The second kappa shape index (κ2) is 12.9. The first-order valence-corrected chi connectivity index (χ1v) is 20.7. The van der Waals surface area contributed by atoms with E-state index in [1.54, 1.807) is 0 Å². The van der Waals surface area contributed by atoms with Gasteiger partial charge < -0.3 is 9.32 Å². The second-order valence-electron chi connectivity index (χ2n) is 15.2. The summed E-state index contributed by atoms with van der Waals surface area (Å²) in [4.78, 5) is 2.40. The van der Waals surface area contributed by atoms with Gasteiger partial charge in [-0.25, -0.2) is 0 Å². The molecule has 0 N–H and O–H groups in total. The van der Waals surface area contributed by atoms with Crippen LogP contribution < -0.4 is 4.90 Å². The number of anilines is 3. The van der Waals surface area contributed by atoms with E-state index in [1.807, 2.05) is 11.3 Å². The fourth-order valence-corrected chi connectivity index (χ4v) is 10.8. The van der Waals surface area contributed by atoms with Crippen LogP contribution in [-0.2, 0) is 5.41 Å². The third kappa shape index (κ3) is 4.78. The zero-order valence-corrected chi connectivity index (χ0v) is 32.3. The van der Waals surface area contributed by atoms with Crippen LogP contribution in [0.15, 0.2) is 217 Å². The summed E-state index contributed by atoms with van der Waals surface area (Å²) in [5, 5.41) is 4.72. The van der Waals surface area contributed by atoms with Crippen molar-refractivity contribution in [1.29, 1.82) is 0 Å².